The Morgan fingerprint density at radius 1 is 0.971 bits per heavy atom. The van der Waals surface area contributed by atoms with Crippen molar-refractivity contribution in [2.75, 3.05) is 13.2 Å². The Bertz CT molecular complexity index is 1130. The van der Waals surface area contributed by atoms with Gasteiger partial charge in [-0.3, -0.25) is 9.59 Å². The van der Waals surface area contributed by atoms with Crippen molar-refractivity contribution in [3.8, 4) is 5.75 Å². The molecule has 0 saturated carbocycles. The molecule has 0 aliphatic carbocycles. The molecule has 3 rings (SSSR count). The molecule has 8 heteroatoms. The van der Waals surface area contributed by atoms with Crippen molar-refractivity contribution in [3.05, 3.63) is 97.5 Å². The minimum Gasteiger partial charge on any atom is -0.484 e. The van der Waals surface area contributed by atoms with Gasteiger partial charge in [-0.1, -0.05) is 66.5 Å². The molecule has 0 heterocycles. The molecule has 0 bridgehead atoms. The number of hydrogen-bond acceptors (Lipinski definition) is 3. The van der Waals surface area contributed by atoms with Crippen molar-refractivity contribution in [1.82, 2.24) is 10.2 Å². The Balaban J connectivity index is 1.90. The third-order valence-electron chi connectivity index (χ3n) is 5.33. The quantitative estimate of drug-likeness (QED) is 0.261. The molecule has 3 aromatic rings. The van der Waals surface area contributed by atoms with Gasteiger partial charge in [0.15, 0.2) is 6.61 Å². The van der Waals surface area contributed by atoms with Gasteiger partial charge in [0.25, 0.3) is 5.91 Å². The second kappa shape index (κ2) is 13.7. The number of amides is 2. The van der Waals surface area contributed by atoms with Crippen molar-refractivity contribution < 1.29 is 14.3 Å². The van der Waals surface area contributed by atoms with Gasteiger partial charge in [-0.2, -0.15) is 0 Å². The first-order valence-electron chi connectivity index (χ1n) is 11.3. The van der Waals surface area contributed by atoms with E-state index in [0.717, 1.165) is 21.1 Å². The minimum absolute atomic E-state index is 0.183. The molecule has 3 aromatic carbocycles. The van der Waals surface area contributed by atoms with Crippen LogP contribution in [0, 0.1) is 3.57 Å². The van der Waals surface area contributed by atoms with E-state index in [9.17, 15) is 9.59 Å². The Hall–Kier alpha value is -2.29. The topological polar surface area (TPSA) is 58.6 Å². The van der Waals surface area contributed by atoms with Gasteiger partial charge >= 0.3 is 0 Å². The predicted octanol–water partition coefficient (Wildman–Crippen LogP) is 6.14. The molecule has 0 saturated heterocycles. The van der Waals surface area contributed by atoms with Crippen LogP contribution >= 0.6 is 45.8 Å². The maximum atomic E-state index is 13.5. The van der Waals surface area contributed by atoms with Crippen molar-refractivity contribution >= 4 is 57.6 Å². The van der Waals surface area contributed by atoms with E-state index in [1.807, 2.05) is 61.5 Å². The molecular weight excluding hydrogens is 598 g/mol. The first-order chi connectivity index (χ1) is 16.9. The fraction of sp³-hybridized carbons (Fsp3) is 0.259. The Labute approximate surface area is 229 Å². The summed E-state index contributed by atoms with van der Waals surface area (Å²) in [6.07, 6.45) is 1.16. The average molecular weight is 625 g/mol. The van der Waals surface area contributed by atoms with Crippen LogP contribution in [0.2, 0.25) is 10.0 Å². The fourth-order valence-corrected chi connectivity index (χ4v) is 4.19. The van der Waals surface area contributed by atoms with E-state index in [1.165, 1.54) is 0 Å². The van der Waals surface area contributed by atoms with E-state index in [-0.39, 0.29) is 25.0 Å². The zero-order valence-electron chi connectivity index (χ0n) is 19.3. The number of carbonyl (C=O) groups excluding carboxylic acids is 2. The van der Waals surface area contributed by atoms with Crippen LogP contribution in [-0.2, 0) is 22.6 Å². The molecule has 2 amide bonds. The standard InChI is InChI=1S/C27H27Cl2IN2O3/c1-2-14-31-27(34)25(16-19-6-4-3-5-7-19)32(17-20-8-13-23(28)24(29)15-20)26(33)18-35-22-11-9-21(30)10-12-22/h3-13,15,25H,2,14,16-18H2,1H3,(H,31,34). The Morgan fingerprint density at radius 2 is 1.69 bits per heavy atom. The number of nitrogens with zero attached hydrogens (tertiary/aromatic N) is 1. The van der Waals surface area contributed by atoms with Crippen molar-refractivity contribution in [3.63, 3.8) is 0 Å². The summed E-state index contributed by atoms with van der Waals surface area (Å²) >= 11 is 14.5. The SMILES string of the molecule is CCCNC(=O)C(Cc1ccccc1)N(Cc1ccc(Cl)c(Cl)c1)C(=O)COc1ccc(I)cc1. The summed E-state index contributed by atoms with van der Waals surface area (Å²) in [5, 5.41) is 3.77. The maximum Gasteiger partial charge on any atom is 0.261 e. The second-order valence-corrected chi connectivity index (χ2v) is 10.1. The highest BCUT2D eigenvalue weighted by molar-refractivity contribution is 14.1. The maximum absolute atomic E-state index is 13.5. The average Bonchev–Trinajstić information content (AvgIpc) is 2.86. The number of carbonyl (C=O) groups is 2. The van der Waals surface area contributed by atoms with Gasteiger partial charge in [-0.15, -0.1) is 0 Å². The summed E-state index contributed by atoms with van der Waals surface area (Å²) in [6.45, 7) is 2.50. The lowest BCUT2D eigenvalue weighted by Crippen LogP contribution is -2.51. The summed E-state index contributed by atoms with van der Waals surface area (Å²) < 4.78 is 6.84. The van der Waals surface area contributed by atoms with Gasteiger partial charge in [0.2, 0.25) is 5.91 Å². The third kappa shape index (κ3) is 8.40. The summed E-state index contributed by atoms with van der Waals surface area (Å²) in [4.78, 5) is 28.4. The van der Waals surface area contributed by atoms with Crippen LogP contribution in [0.15, 0.2) is 72.8 Å². The molecule has 35 heavy (non-hydrogen) atoms. The van der Waals surface area contributed by atoms with E-state index < -0.39 is 6.04 Å². The van der Waals surface area contributed by atoms with Crippen LogP contribution < -0.4 is 10.1 Å². The van der Waals surface area contributed by atoms with Gasteiger partial charge < -0.3 is 15.0 Å². The summed E-state index contributed by atoms with van der Waals surface area (Å²) in [5.41, 5.74) is 1.72. The molecule has 0 aromatic heterocycles. The molecule has 0 radical (unpaired) electrons. The number of halogens is 3. The van der Waals surface area contributed by atoms with E-state index in [4.69, 9.17) is 27.9 Å². The second-order valence-electron chi connectivity index (χ2n) is 8.01. The predicted molar refractivity (Wildman–Crippen MR) is 149 cm³/mol. The van der Waals surface area contributed by atoms with Crippen LogP contribution in [0.25, 0.3) is 0 Å². The molecule has 0 aliphatic rings. The number of nitrogens with one attached hydrogen (secondary N) is 1. The first kappa shape index (κ1) is 27.3. The molecule has 0 fully saturated rings. The van der Waals surface area contributed by atoms with Crippen LogP contribution in [0.4, 0.5) is 0 Å². The number of ether oxygens (including phenoxy) is 1. The lowest BCUT2D eigenvalue weighted by Gasteiger charge is -2.31. The molecule has 5 nitrogen and oxygen atoms in total. The summed E-state index contributed by atoms with van der Waals surface area (Å²) in [5.74, 6) is 0.0730. The zero-order chi connectivity index (χ0) is 25.2. The van der Waals surface area contributed by atoms with E-state index >= 15 is 0 Å². The highest BCUT2D eigenvalue weighted by Crippen LogP contribution is 2.24. The zero-order valence-corrected chi connectivity index (χ0v) is 23.0. The van der Waals surface area contributed by atoms with Crippen molar-refractivity contribution in [2.45, 2.75) is 32.4 Å². The number of hydrogen-bond donors (Lipinski definition) is 1. The van der Waals surface area contributed by atoms with Gasteiger partial charge in [0.05, 0.1) is 10.0 Å². The van der Waals surface area contributed by atoms with Crippen LogP contribution in [-0.4, -0.2) is 35.9 Å². The summed E-state index contributed by atoms with van der Waals surface area (Å²) in [6, 6.07) is 21.6. The van der Waals surface area contributed by atoms with E-state index in [1.54, 1.807) is 23.1 Å². The van der Waals surface area contributed by atoms with Gasteiger partial charge in [0, 0.05) is 23.1 Å². The molecule has 1 atom stereocenters. The molecule has 0 aliphatic heterocycles. The molecular formula is C27H27Cl2IN2O3. The highest BCUT2D eigenvalue weighted by Gasteiger charge is 2.30. The normalized spacial score (nSPS) is 11.5. The fourth-order valence-electron chi connectivity index (χ4n) is 3.51. The summed E-state index contributed by atoms with van der Waals surface area (Å²) in [7, 11) is 0. The molecule has 1 N–H and O–H groups in total. The van der Waals surface area contributed by atoms with Crippen molar-refractivity contribution in [2.24, 2.45) is 0 Å². The smallest absolute Gasteiger partial charge is 0.261 e. The van der Waals surface area contributed by atoms with Crippen LogP contribution in [0.1, 0.15) is 24.5 Å². The number of rotatable bonds is 11. The molecule has 184 valence electrons. The lowest BCUT2D eigenvalue weighted by atomic mass is 10.0. The first-order valence-corrected chi connectivity index (χ1v) is 13.1. The van der Waals surface area contributed by atoms with Gasteiger partial charge in [-0.05, 0) is 76.5 Å². The van der Waals surface area contributed by atoms with Crippen LogP contribution in [0.3, 0.4) is 0 Å². The van der Waals surface area contributed by atoms with Crippen molar-refractivity contribution in [1.29, 1.82) is 0 Å². The number of benzene rings is 3. The lowest BCUT2D eigenvalue weighted by molar-refractivity contribution is -0.142. The molecule has 1 unspecified atom stereocenters. The largest absolute Gasteiger partial charge is 0.484 e. The minimum atomic E-state index is -0.730. The monoisotopic (exact) mass is 624 g/mol. The highest BCUT2D eigenvalue weighted by atomic mass is 127. The third-order valence-corrected chi connectivity index (χ3v) is 6.79. The Kier molecular flexibility index (Phi) is 10.7. The van der Waals surface area contributed by atoms with Gasteiger partial charge in [-0.25, -0.2) is 0 Å². The molecule has 0 spiro atoms. The van der Waals surface area contributed by atoms with Gasteiger partial charge in [0.1, 0.15) is 11.8 Å². The van der Waals surface area contributed by atoms with E-state index in [2.05, 4.69) is 27.9 Å². The van der Waals surface area contributed by atoms with Crippen LogP contribution in [0.5, 0.6) is 5.75 Å². The Morgan fingerprint density at radius 3 is 2.34 bits per heavy atom. The van der Waals surface area contributed by atoms with E-state index in [0.29, 0.717) is 28.8 Å².